The minimum atomic E-state index is 0.654. The van der Waals surface area contributed by atoms with Crippen LogP contribution in [0.1, 0.15) is 25.3 Å². The third-order valence-corrected chi connectivity index (χ3v) is 4.02. The molecule has 0 aliphatic rings. The first-order valence-corrected chi connectivity index (χ1v) is 8.67. The molecule has 0 aliphatic carbocycles. The summed E-state index contributed by atoms with van der Waals surface area (Å²) in [5.41, 5.74) is 1.17. The first-order valence-electron chi connectivity index (χ1n) is 8.67. The van der Waals surface area contributed by atoms with Gasteiger partial charge in [0.05, 0.1) is 14.2 Å². The Morgan fingerprint density at radius 3 is 2.64 bits per heavy atom. The molecule has 1 N–H and O–H groups in total. The first-order chi connectivity index (χ1) is 12.2. The van der Waals surface area contributed by atoms with Crippen molar-refractivity contribution >= 4 is 11.8 Å². The van der Waals surface area contributed by atoms with Gasteiger partial charge >= 0.3 is 0 Å². The maximum Gasteiger partial charge on any atom is 0.224 e. The van der Waals surface area contributed by atoms with Crippen molar-refractivity contribution in [3.8, 4) is 11.5 Å². The second-order valence-corrected chi connectivity index (χ2v) is 5.88. The van der Waals surface area contributed by atoms with Crippen molar-refractivity contribution in [2.24, 2.45) is 0 Å². The summed E-state index contributed by atoms with van der Waals surface area (Å²) >= 11 is 0. The van der Waals surface area contributed by atoms with E-state index in [1.54, 1.807) is 20.4 Å². The molecule has 1 aromatic heterocycles. The number of unbranched alkanes of at least 4 members (excludes halogenated alkanes) is 1. The van der Waals surface area contributed by atoms with Crippen molar-refractivity contribution in [1.82, 2.24) is 9.97 Å². The zero-order valence-corrected chi connectivity index (χ0v) is 15.6. The van der Waals surface area contributed by atoms with Crippen LogP contribution >= 0.6 is 0 Å². The molecule has 0 aliphatic heterocycles. The van der Waals surface area contributed by atoms with Gasteiger partial charge in [0.1, 0.15) is 5.82 Å². The molecule has 0 fully saturated rings. The fraction of sp³-hybridized carbons (Fsp3) is 0.474. The normalized spacial score (nSPS) is 10.4. The van der Waals surface area contributed by atoms with E-state index in [-0.39, 0.29) is 0 Å². The Morgan fingerprint density at radius 2 is 1.92 bits per heavy atom. The highest BCUT2D eigenvalue weighted by molar-refractivity contribution is 5.44. The average Bonchev–Trinajstić information content (AvgIpc) is 2.66. The predicted molar refractivity (Wildman–Crippen MR) is 102 cm³/mol. The lowest BCUT2D eigenvalue weighted by Gasteiger charge is -2.18. The molecule has 0 unspecified atom stereocenters. The van der Waals surface area contributed by atoms with Gasteiger partial charge in [-0.2, -0.15) is 4.98 Å². The van der Waals surface area contributed by atoms with Crippen LogP contribution in [0.15, 0.2) is 30.5 Å². The number of ether oxygens (including phenoxy) is 2. The smallest absolute Gasteiger partial charge is 0.224 e. The van der Waals surface area contributed by atoms with Crippen LogP contribution in [-0.2, 0) is 6.42 Å². The van der Waals surface area contributed by atoms with Crippen LogP contribution in [0.4, 0.5) is 11.8 Å². The lowest BCUT2D eigenvalue weighted by Crippen LogP contribution is -2.20. The lowest BCUT2D eigenvalue weighted by molar-refractivity contribution is 0.354. The maximum absolute atomic E-state index is 5.34. The molecular formula is C19H28N4O2. The summed E-state index contributed by atoms with van der Waals surface area (Å²) in [6.45, 7) is 3.94. The Balaban J connectivity index is 1.91. The van der Waals surface area contributed by atoms with Crippen molar-refractivity contribution < 1.29 is 9.47 Å². The van der Waals surface area contributed by atoms with Crippen LogP contribution in [-0.4, -0.2) is 44.3 Å². The Morgan fingerprint density at radius 1 is 1.12 bits per heavy atom. The number of anilines is 2. The van der Waals surface area contributed by atoms with Crippen molar-refractivity contribution in [3.63, 3.8) is 0 Å². The van der Waals surface area contributed by atoms with Crippen LogP contribution in [0, 0.1) is 0 Å². The van der Waals surface area contributed by atoms with E-state index >= 15 is 0 Å². The molecule has 0 atom stereocenters. The Kier molecular flexibility index (Phi) is 7.32. The number of methoxy groups -OCH3 is 2. The molecule has 1 aromatic carbocycles. The molecule has 6 heteroatoms. The van der Waals surface area contributed by atoms with E-state index in [4.69, 9.17) is 9.47 Å². The molecule has 6 nitrogen and oxygen atoms in total. The van der Waals surface area contributed by atoms with Gasteiger partial charge in [0.15, 0.2) is 11.5 Å². The zero-order valence-electron chi connectivity index (χ0n) is 15.6. The van der Waals surface area contributed by atoms with Gasteiger partial charge in [0.2, 0.25) is 5.95 Å². The van der Waals surface area contributed by atoms with Crippen LogP contribution in [0.25, 0.3) is 0 Å². The van der Waals surface area contributed by atoms with E-state index in [1.165, 1.54) is 12.0 Å². The van der Waals surface area contributed by atoms with Gasteiger partial charge in [-0.3, -0.25) is 0 Å². The van der Waals surface area contributed by atoms with Gasteiger partial charge < -0.3 is 19.7 Å². The van der Waals surface area contributed by atoms with Gasteiger partial charge in [0.25, 0.3) is 0 Å². The maximum atomic E-state index is 5.34. The third-order valence-electron chi connectivity index (χ3n) is 4.02. The molecular weight excluding hydrogens is 316 g/mol. The monoisotopic (exact) mass is 344 g/mol. The number of aromatic nitrogens is 2. The van der Waals surface area contributed by atoms with Crippen LogP contribution in [0.5, 0.6) is 11.5 Å². The summed E-state index contributed by atoms with van der Waals surface area (Å²) in [7, 11) is 5.35. The second kappa shape index (κ2) is 9.71. The minimum Gasteiger partial charge on any atom is -0.493 e. The molecule has 25 heavy (non-hydrogen) atoms. The number of rotatable bonds is 10. The van der Waals surface area contributed by atoms with Gasteiger partial charge in [-0.25, -0.2) is 4.98 Å². The quantitative estimate of drug-likeness (QED) is 0.713. The van der Waals surface area contributed by atoms with Crippen molar-refractivity contribution in [3.05, 3.63) is 36.0 Å². The molecule has 0 saturated heterocycles. The fourth-order valence-electron chi connectivity index (χ4n) is 2.51. The van der Waals surface area contributed by atoms with E-state index in [0.717, 1.165) is 43.2 Å². The third kappa shape index (κ3) is 5.52. The average molecular weight is 344 g/mol. The van der Waals surface area contributed by atoms with Gasteiger partial charge in [-0.1, -0.05) is 19.4 Å². The van der Waals surface area contributed by atoms with E-state index < -0.39 is 0 Å². The van der Waals surface area contributed by atoms with E-state index in [1.807, 2.05) is 24.3 Å². The topological polar surface area (TPSA) is 59.5 Å². The van der Waals surface area contributed by atoms with Gasteiger partial charge in [0, 0.05) is 26.3 Å². The summed E-state index contributed by atoms with van der Waals surface area (Å²) in [4.78, 5) is 11.0. The van der Waals surface area contributed by atoms with Gasteiger partial charge in [-0.15, -0.1) is 0 Å². The van der Waals surface area contributed by atoms with Crippen LogP contribution < -0.4 is 19.7 Å². The van der Waals surface area contributed by atoms with Gasteiger partial charge in [-0.05, 0) is 36.6 Å². The Labute approximate surface area is 150 Å². The number of hydrogen-bond acceptors (Lipinski definition) is 6. The summed E-state index contributed by atoms with van der Waals surface area (Å²) in [6, 6.07) is 7.90. The minimum absolute atomic E-state index is 0.654. The van der Waals surface area contributed by atoms with E-state index in [9.17, 15) is 0 Å². The summed E-state index contributed by atoms with van der Waals surface area (Å²) in [5, 5.41) is 3.29. The zero-order chi connectivity index (χ0) is 18.1. The summed E-state index contributed by atoms with van der Waals surface area (Å²) in [6.07, 6.45) is 4.97. The molecule has 136 valence electrons. The lowest BCUT2D eigenvalue weighted by atomic mass is 10.1. The van der Waals surface area contributed by atoms with Crippen molar-refractivity contribution in [2.75, 3.05) is 44.6 Å². The molecule has 0 bridgehead atoms. The SMILES string of the molecule is CCCCN(C)c1ccnc(NCCc2ccc(OC)c(OC)c2)n1. The second-order valence-electron chi connectivity index (χ2n) is 5.88. The van der Waals surface area contributed by atoms with E-state index in [2.05, 4.69) is 34.2 Å². The molecule has 1 heterocycles. The largest absolute Gasteiger partial charge is 0.493 e. The van der Waals surface area contributed by atoms with E-state index in [0.29, 0.717) is 5.95 Å². The van der Waals surface area contributed by atoms with Crippen molar-refractivity contribution in [2.45, 2.75) is 26.2 Å². The number of hydrogen-bond donors (Lipinski definition) is 1. The number of nitrogens with zero attached hydrogens (tertiary/aromatic N) is 3. The van der Waals surface area contributed by atoms with Crippen molar-refractivity contribution in [1.29, 1.82) is 0 Å². The molecule has 0 spiro atoms. The van der Waals surface area contributed by atoms with Crippen LogP contribution in [0.2, 0.25) is 0 Å². The predicted octanol–water partition coefficient (Wildman–Crippen LogP) is 3.38. The fourth-order valence-corrected chi connectivity index (χ4v) is 2.51. The number of benzene rings is 1. The highest BCUT2D eigenvalue weighted by Crippen LogP contribution is 2.27. The highest BCUT2D eigenvalue weighted by atomic mass is 16.5. The standard InChI is InChI=1S/C19H28N4O2/c1-5-6-13-23(2)18-10-12-21-19(22-18)20-11-9-15-7-8-16(24-3)17(14-15)25-4/h7-8,10,12,14H,5-6,9,11,13H2,1-4H3,(H,20,21,22). The first kappa shape index (κ1) is 18.8. The molecule has 0 amide bonds. The summed E-state index contributed by atoms with van der Waals surface area (Å²) in [5.74, 6) is 3.08. The Hall–Kier alpha value is -2.50. The molecule has 0 radical (unpaired) electrons. The number of nitrogens with one attached hydrogen (secondary N) is 1. The molecule has 2 rings (SSSR count). The summed E-state index contributed by atoms with van der Waals surface area (Å²) < 4.78 is 10.6. The highest BCUT2D eigenvalue weighted by Gasteiger charge is 2.06. The Bertz CT molecular complexity index is 664. The van der Waals surface area contributed by atoms with Crippen LogP contribution in [0.3, 0.4) is 0 Å². The molecule has 2 aromatic rings. The molecule has 0 saturated carbocycles.